The van der Waals surface area contributed by atoms with Crippen LogP contribution in [-0.4, -0.2) is 44.5 Å². The van der Waals surface area contributed by atoms with Crippen LogP contribution >= 0.6 is 0 Å². The van der Waals surface area contributed by atoms with Gasteiger partial charge in [-0.25, -0.2) is 13.1 Å². The van der Waals surface area contributed by atoms with Gasteiger partial charge in [-0.2, -0.15) is 18.3 Å². The largest absolute Gasteiger partial charge is 0.411 e. The number of nitrogens with one attached hydrogen (secondary N) is 2. The lowest BCUT2D eigenvalue weighted by Crippen LogP contribution is -2.30. The van der Waals surface area contributed by atoms with Crippen LogP contribution in [0.25, 0.3) is 0 Å². The maximum Gasteiger partial charge on any atom is 0.411 e. The van der Waals surface area contributed by atoms with Gasteiger partial charge in [-0.15, -0.1) is 0 Å². The van der Waals surface area contributed by atoms with Crippen LogP contribution in [0.1, 0.15) is 11.4 Å². The molecule has 4 N–H and O–H groups in total. The molecule has 116 valence electrons. The highest BCUT2D eigenvalue weighted by molar-refractivity contribution is 7.89. The Balaban J connectivity index is 2.56. The molecule has 0 aromatic carbocycles. The number of aryl methyl sites for hydroxylation is 1. The molecule has 7 nitrogen and oxygen atoms in total. The van der Waals surface area contributed by atoms with Gasteiger partial charge in [0.2, 0.25) is 10.0 Å². The summed E-state index contributed by atoms with van der Waals surface area (Å²) in [5, 5.41) is 6.21. The summed E-state index contributed by atoms with van der Waals surface area (Å²) in [5.41, 5.74) is 5.82. The standard InChI is InChI=1S/C9H15F3N4O3S/c1-6-8(7(4-13)16-15-6)20(17,18)14-2-3-19-5-9(10,11)12/h14H,2-5,13H2,1H3,(H,15,16). The fraction of sp³-hybridized carbons (Fsp3) is 0.667. The van der Waals surface area contributed by atoms with Crippen molar-refractivity contribution in [1.82, 2.24) is 14.9 Å². The van der Waals surface area contributed by atoms with Crippen LogP contribution in [0.2, 0.25) is 0 Å². The van der Waals surface area contributed by atoms with E-state index in [0.717, 1.165) is 0 Å². The van der Waals surface area contributed by atoms with E-state index in [0.29, 0.717) is 5.69 Å². The van der Waals surface area contributed by atoms with E-state index in [9.17, 15) is 21.6 Å². The fourth-order valence-electron chi connectivity index (χ4n) is 1.47. The molecule has 0 aliphatic rings. The number of ether oxygens (including phenoxy) is 1. The number of rotatable bonds is 7. The first kappa shape index (κ1) is 16.9. The SMILES string of the molecule is Cc1[nH]nc(CN)c1S(=O)(=O)NCCOCC(F)(F)F. The molecule has 1 aromatic rings. The Kier molecular flexibility index (Phi) is 5.50. The quantitative estimate of drug-likeness (QED) is 0.615. The Morgan fingerprint density at radius 1 is 1.45 bits per heavy atom. The monoisotopic (exact) mass is 316 g/mol. The lowest BCUT2D eigenvalue weighted by Gasteiger charge is -2.09. The fourth-order valence-corrected chi connectivity index (χ4v) is 2.86. The van der Waals surface area contributed by atoms with Gasteiger partial charge in [0, 0.05) is 13.1 Å². The first-order chi connectivity index (χ1) is 9.17. The third-order valence-corrected chi connectivity index (χ3v) is 3.89. The number of sulfonamides is 1. The third-order valence-electron chi connectivity index (χ3n) is 2.23. The van der Waals surface area contributed by atoms with Gasteiger partial charge in [0.25, 0.3) is 0 Å². The molecule has 20 heavy (non-hydrogen) atoms. The summed E-state index contributed by atoms with van der Waals surface area (Å²) in [7, 11) is -3.89. The Hall–Kier alpha value is -1.17. The first-order valence-electron chi connectivity index (χ1n) is 5.55. The molecule has 1 rings (SSSR count). The van der Waals surface area contributed by atoms with E-state index in [1.54, 1.807) is 0 Å². The van der Waals surface area contributed by atoms with E-state index in [-0.39, 0.29) is 23.7 Å². The maximum atomic E-state index is 11.9. The molecule has 1 heterocycles. The van der Waals surface area contributed by atoms with Crippen molar-refractivity contribution in [2.45, 2.75) is 24.5 Å². The van der Waals surface area contributed by atoms with E-state index in [1.165, 1.54) is 6.92 Å². The molecule has 0 unspecified atom stereocenters. The van der Waals surface area contributed by atoms with Crippen molar-refractivity contribution in [2.75, 3.05) is 19.8 Å². The summed E-state index contributed by atoms with van der Waals surface area (Å²) in [6.07, 6.45) is -4.44. The van der Waals surface area contributed by atoms with E-state index in [1.807, 2.05) is 0 Å². The molecule has 1 aromatic heterocycles. The van der Waals surface area contributed by atoms with Crippen molar-refractivity contribution < 1.29 is 26.3 Å². The number of hydrogen-bond acceptors (Lipinski definition) is 5. The zero-order valence-corrected chi connectivity index (χ0v) is 11.4. The van der Waals surface area contributed by atoms with Crippen LogP contribution < -0.4 is 10.5 Å². The lowest BCUT2D eigenvalue weighted by molar-refractivity contribution is -0.173. The molecule has 0 aliphatic heterocycles. The van der Waals surface area contributed by atoms with Crippen LogP contribution in [0.3, 0.4) is 0 Å². The maximum absolute atomic E-state index is 11.9. The number of H-pyrrole nitrogens is 1. The van der Waals surface area contributed by atoms with Gasteiger partial charge in [-0.05, 0) is 6.92 Å². The highest BCUT2D eigenvalue weighted by atomic mass is 32.2. The molecule has 0 aliphatic carbocycles. The second kappa shape index (κ2) is 6.52. The minimum atomic E-state index is -4.44. The molecule has 0 atom stereocenters. The summed E-state index contributed by atoms with van der Waals surface area (Å²) >= 11 is 0. The van der Waals surface area contributed by atoms with Gasteiger partial charge in [0.05, 0.1) is 18.0 Å². The number of aromatic amines is 1. The van der Waals surface area contributed by atoms with Gasteiger partial charge >= 0.3 is 6.18 Å². The van der Waals surface area contributed by atoms with Gasteiger partial charge in [0.15, 0.2) is 0 Å². The van der Waals surface area contributed by atoms with Gasteiger partial charge in [-0.1, -0.05) is 0 Å². The van der Waals surface area contributed by atoms with Crippen LogP contribution in [0.4, 0.5) is 13.2 Å². The number of alkyl halides is 3. The van der Waals surface area contributed by atoms with Crippen LogP contribution in [-0.2, 0) is 21.3 Å². The average Bonchev–Trinajstić information content (AvgIpc) is 2.69. The van der Waals surface area contributed by atoms with E-state index < -0.39 is 29.4 Å². The van der Waals surface area contributed by atoms with Crippen molar-refractivity contribution in [3.05, 3.63) is 11.4 Å². The molecule has 0 fully saturated rings. The molecule has 0 spiro atoms. The molecule has 0 bridgehead atoms. The van der Waals surface area contributed by atoms with E-state index >= 15 is 0 Å². The second-order valence-corrected chi connectivity index (χ2v) is 5.60. The van der Waals surface area contributed by atoms with E-state index in [2.05, 4.69) is 19.7 Å². The Morgan fingerprint density at radius 2 is 2.10 bits per heavy atom. The van der Waals surface area contributed by atoms with Crippen molar-refractivity contribution in [2.24, 2.45) is 5.73 Å². The summed E-state index contributed by atoms with van der Waals surface area (Å²) in [6, 6.07) is 0. The minimum absolute atomic E-state index is 0.0782. The number of halogens is 3. The molecule has 11 heteroatoms. The van der Waals surface area contributed by atoms with Crippen molar-refractivity contribution in [3.63, 3.8) is 0 Å². The predicted molar refractivity (Wildman–Crippen MR) is 63.3 cm³/mol. The number of nitrogens with two attached hydrogens (primary N) is 1. The molecule has 0 amide bonds. The lowest BCUT2D eigenvalue weighted by atomic mass is 10.4. The number of hydrogen-bond donors (Lipinski definition) is 3. The number of nitrogens with zero attached hydrogens (tertiary/aromatic N) is 1. The molecular formula is C9H15F3N4O3S. The summed E-state index contributed by atoms with van der Waals surface area (Å²) in [5.74, 6) is 0. The Labute approximate surface area is 113 Å². The molecule has 0 saturated heterocycles. The van der Waals surface area contributed by atoms with Crippen LogP contribution in [0, 0.1) is 6.92 Å². The predicted octanol–water partition coefficient (Wildman–Crippen LogP) is 0.0340. The molecule has 0 radical (unpaired) electrons. The molecular weight excluding hydrogens is 301 g/mol. The normalized spacial score (nSPS) is 12.8. The zero-order chi connectivity index (χ0) is 15.4. The van der Waals surface area contributed by atoms with Gasteiger partial charge < -0.3 is 10.5 Å². The van der Waals surface area contributed by atoms with Crippen molar-refractivity contribution in [3.8, 4) is 0 Å². The molecule has 0 saturated carbocycles. The van der Waals surface area contributed by atoms with Gasteiger partial charge in [0.1, 0.15) is 11.5 Å². The smallest absolute Gasteiger partial charge is 0.371 e. The summed E-state index contributed by atoms with van der Waals surface area (Å²) in [6.45, 7) is -0.680. The summed E-state index contributed by atoms with van der Waals surface area (Å²) in [4.78, 5) is -0.0872. The summed E-state index contributed by atoms with van der Waals surface area (Å²) < 4.78 is 65.7. The first-order valence-corrected chi connectivity index (χ1v) is 7.04. The second-order valence-electron chi connectivity index (χ2n) is 3.89. The third kappa shape index (κ3) is 4.74. The van der Waals surface area contributed by atoms with Crippen LogP contribution in [0.15, 0.2) is 4.90 Å². The number of aromatic nitrogens is 2. The highest BCUT2D eigenvalue weighted by Gasteiger charge is 2.27. The van der Waals surface area contributed by atoms with Crippen molar-refractivity contribution in [1.29, 1.82) is 0 Å². The van der Waals surface area contributed by atoms with Crippen molar-refractivity contribution >= 4 is 10.0 Å². The Bertz CT molecular complexity index is 541. The van der Waals surface area contributed by atoms with E-state index in [4.69, 9.17) is 5.73 Å². The van der Waals surface area contributed by atoms with Crippen LogP contribution in [0.5, 0.6) is 0 Å². The van der Waals surface area contributed by atoms with Gasteiger partial charge in [-0.3, -0.25) is 5.10 Å². The Morgan fingerprint density at radius 3 is 2.65 bits per heavy atom. The zero-order valence-electron chi connectivity index (χ0n) is 10.6. The topological polar surface area (TPSA) is 110 Å². The average molecular weight is 316 g/mol. The minimum Gasteiger partial charge on any atom is -0.371 e. The highest BCUT2D eigenvalue weighted by Crippen LogP contribution is 2.17.